The van der Waals surface area contributed by atoms with Gasteiger partial charge in [-0.1, -0.05) is 0 Å². The van der Waals surface area contributed by atoms with Gasteiger partial charge in [0.05, 0.1) is 12.4 Å². The minimum Gasteiger partial charge on any atom is -0.388 e. The fourth-order valence-electron chi connectivity index (χ4n) is 2.10. The van der Waals surface area contributed by atoms with E-state index in [4.69, 9.17) is 15.9 Å². The van der Waals surface area contributed by atoms with Crippen LogP contribution in [0.25, 0.3) is 0 Å². The molecule has 0 spiro atoms. The molecule has 1 aliphatic heterocycles. The van der Waals surface area contributed by atoms with Crippen LogP contribution in [0.4, 0.5) is 0 Å². The first-order valence-corrected chi connectivity index (χ1v) is 5.44. The minimum absolute atomic E-state index is 0.301. The molecule has 0 amide bonds. The van der Waals surface area contributed by atoms with Gasteiger partial charge in [0.2, 0.25) is 0 Å². The van der Waals surface area contributed by atoms with E-state index in [0.717, 1.165) is 32.2 Å². The Labute approximate surface area is 84.9 Å². The van der Waals surface area contributed by atoms with E-state index in [0.29, 0.717) is 18.3 Å². The van der Waals surface area contributed by atoms with Crippen LogP contribution in [-0.4, -0.2) is 42.6 Å². The summed E-state index contributed by atoms with van der Waals surface area (Å²) >= 11 is 0. The molecule has 1 aliphatic carbocycles. The molecule has 0 bridgehead atoms. The summed E-state index contributed by atoms with van der Waals surface area (Å²) in [7, 11) is 0. The SMILES string of the molecule is N=C(N)CCN(C1CC1)C1CCOC1. The molecule has 0 aromatic rings. The Hall–Kier alpha value is -0.610. The van der Waals surface area contributed by atoms with Crippen molar-refractivity contribution >= 4 is 5.84 Å². The summed E-state index contributed by atoms with van der Waals surface area (Å²) in [4.78, 5) is 2.49. The van der Waals surface area contributed by atoms with Gasteiger partial charge in [0.25, 0.3) is 0 Å². The lowest BCUT2D eigenvalue weighted by atomic mass is 10.2. The summed E-state index contributed by atoms with van der Waals surface area (Å²) in [6, 6.07) is 1.34. The molecule has 0 aromatic heterocycles. The third-order valence-electron chi connectivity index (χ3n) is 3.03. The summed E-state index contributed by atoms with van der Waals surface area (Å²) < 4.78 is 5.40. The number of hydrogen-bond acceptors (Lipinski definition) is 3. The zero-order valence-corrected chi connectivity index (χ0v) is 8.54. The number of amidine groups is 1. The molecule has 2 rings (SSSR count). The molecule has 1 atom stereocenters. The second-order valence-corrected chi connectivity index (χ2v) is 4.26. The molecule has 0 aromatic carbocycles. The molecular weight excluding hydrogens is 178 g/mol. The lowest BCUT2D eigenvalue weighted by molar-refractivity contribution is 0.140. The fourth-order valence-corrected chi connectivity index (χ4v) is 2.10. The zero-order valence-electron chi connectivity index (χ0n) is 8.54. The summed E-state index contributed by atoms with van der Waals surface area (Å²) in [6.45, 7) is 2.70. The van der Waals surface area contributed by atoms with Gasteiger partial charge in [0.15, 0.2) is 0 Å². The van der Waals surface area contributed by atoms with Gasteiger partial charge in [-0.25, -0.2) is 0 Å². The van der Waals surface area contributed by atoms with E-state index in [1.54, 1.807) is 0 Å². The second-order valence-electron chi connectivity index (χ2n) is 4.26. The Morgan fingerprint density at radius 3 is 2.64 bits per heavy atom. The largest absolute Gasteiger partial charge is 0.388 e. The summed E-state index contributed by atoms with van der Waals surface area (Å²) in [5.74, 6) is 0.301. The molecule has 1 saturated carbocycles. The average molecular weight is 197 g/mol. The fraction of sp³-hybridized carbons (Fsp3) is 0.900. The highest BCUT2D eigenvalue weighted by Gasteiger charge is 2.35. The molecule has 1 saturated heterocycles. The topological polar surface area (TPSA) is 62.3 Å². The quantitative estimate of drug-likeness (QED) is 0.500. The summed E-state index contributed by atoms with van der Waals surface area (Å²) in [5, 5.41) is 7.24. The Bertz CT molecular complexity index is 209. The molecule has 2 fully saturated rings. The van der Waals surface area contributed by atoms with Gasteiger partial charge in [0, 0.05) is 31.7 Å². The van der Waals surface area contributed by atoms with Gasteiger partial charge in [-0.3, -0.25) is 10.3 Å². The number of nitrogens with one attached hydrogen (secondary N) is 1. The van der Waals surface area contributed by atoms with Crippen molar-refractivity contribution in [1.29, 1.82) is 5.41 Å². The maximum absolute atomic E-state index is 7.24. The molecule has 3 N–H and O–H groups in total. The molecule has 4 nitrogen and oxygen atoms in total. The number of ether oxygens (including phenoxy) is 1. The van der Waals surface area contributed by atoms with E-state index < -0.39 is 0 Å². The molecule has 1 unspecified atom stereocenters. The second kappa shape index (κ2) is 4.28. The van der Waals surface area contributed by atoms with Crippen LogP contribution in [0.15, 0.2) is 0 Å². The van der Waals surface area contributed by atoms with Crippen LogP contribution in [0.3, 0.4) is 0 Å². The first-order chi connectivity index (χ1) is 6.77. The monoisotopic (exact) mass is 197 g/mol. The Morgan fingerprint density at radius 1 is 1.36 bits per heavy atom. The third-order valence-corrected chi connectivity index (χ3v) is 3.03. The van der Waals surface area contributed by atoms with Gasteiger partial charge in [-0.05, 0) is 19.3 Å². The average Bonchev–Trinajstić information content (AvgIpc) is 2.81. The number of rotatable bonds is 5. The highest BCUT2D eigenvalue weighted by Crippen LogP contribution is 2.30. The predicted molar refractivity (Wildman–Crippen MR) is 55.5 cm³/mol. The molecule has 0 radical (unpaired) electrons. The van der Waals surface area contributed by atoms with Crippen LogP contribution >= 0.6 is 0 Å². The van der Waals surface area contributed by atoms with Crippen molar-refractivity contribution < 1.29 is 4.74 Å². The van der Waals surface area contributed by atoms with Crippen molar-refractivity contribution in [2.45, 2.75) is 37.8 Å². The molecular formula is C10H19N3O. The Kier molecular flexibility index (Phi) is 3.03. The van der Waals surface area contributed by atoms with Crippen molar-refractivity contribution in [3.8, 4) is 0 Å². The molecule has 4 heteroatoms. The molecule has 1 heterocycles. The smallest absolute Gasteiger partial charge is 0.0918 e. The first-order valence-electron chi connectivity index (χ1n) is 5.44. The maximum atomic E-state index is 7.24. The predicted octanol–water partition coefficient (Wildman–Crippen LogP) is 0.566. The van der Waals surface area contributed by atoms with E-state index in [1.807, 2.05) is 0 Å². The van der Waals surface area contributed by atoms with Crippen LogP contribution in [0, 0.1) is 5.41 Å². The summed E-state index contributed by atoms with van der Waals surface area (Å²) in [6.07, 6.45) is 4.48. The van der Waals surface area contributed by atoms with Crippen LogP contribution in [0.1, 0.15) is 25.7 Å². The van der Waals surface area contributed by atoms with E-state index in [1.165, 1.54) is 12.8 Å². The van der Waals surface area contributed by atoms with Gasteiger partial charge >= 0.3 is 0 Å². The van der Waals surface area contributed by atoms with Crippen molar-refractivity contribution in [3.05, 3.63) is 0 Å². The number of nitrogens with zero attached hydrogens (tertiary/aromatic N) is 1. The molecule has 14 heavy (non-hydrogen) atoms. The molecule has 2 aliphatic rings. The van der Waals surface area contributed by atoms with E-state index >= 15 is 0 Å². The van der Waals surface area contributed by atoms with Gasteiger partial charge < -0.3 is 10.5 Å². The van der Waals surface area contributed by atoms with Gasteiger partial charge in [-0.15, -0.1) is 0 Å². The van der Waals surface area contributed by atoms with Crippen molar-refractivity contribution in [1.82, 2.24) is 4.90 Å². The third kappa shape index (κ3) is 2.45. The maximum Gasteiger partial charge on any atom is 0.0918 e. The highest BCUT2D eigenvalue weighted by atomic mass is 16.5. The summed E-state index contributed by atoms with van der Waals surface area (Å²) in [5.41, 5.74) is 5.39. The first kappa shape index (κ1) is 9.93. The van der Waals surface area contributed by atoms with E-state index in [-0.39, 0.29) is 0 Å². The Morgan fingerprint density at radius 2 is 2.14 bits per heavy atom. The number of nitrogens with two attached hydrogens (primary N) is 1. The van der Waals surface area contributed by atoms with Crippen molar-refractivity contribution in [2.75, 3.05) is 19.8 Å². The normalized spacial score (nSPS) is 27.1. The molecule has 80 valence electrons. The lowest BCUT2D eigenvalue weighted by Crippen LogP contribution is -2.39. The van der Waals surface area contributed by atoms with Gasteiger partial charge in [-0.2, -0.15) is 0 Å². The van der Waals surface area contributed by atoms with Crippen LogP contribution in [0.5, 0.6) is 0 Å². The standard InChI is InChI=1S/C10H19N3O/c11-10(12)3-5-13(8-1-2-8)9-4-6-14-7-9/h8-9H,1-7H2,(H3,11,12). The van der Waals surface area contributed by atoms with Crippen LogP contribution in [-0.2, 0) is 4.74 Å². The lowest BCUT2D eigenvalue weighted by Gasteiger charge is -2.27. The Balaban J connectivity index is 1.83. The highest BCUT2D eigenvalue weighted by molar-refractivity contribution is 5.76. The van der Waals surface area contributed by atoms with Crippen molar-refractivity contribution in [3.63, 3.8) is 0 Å². The van der Waals surface area contributed by atoms with Gasteiger partial charge in [0.1, 0.15) is 0 Å². The van der Waals surface area contributed by atoms with Crippen molar-refractivity contribution in [2.24, 2.45) is 5.73 Å². The van der Waals surface area contributed by atoms with Crippen LogP contribution in [0.2, 0.25) is 0 Å². The van der Waals surface area contributed by atoms with E-state index in [2.05, 4.69) is 4.90 Å². The minimum atomic E-state index is 0.301. The number of hydrogen-bond donors (Lipinski definition) is 2. The zero-order chi connectivity index (χ0) is 9.97. The van der Waals surface area contributed by atoms with Crippen LogP contribution < -0.4 is 5.73 Å². The van der Waals surface area contributed by atoms with E-state index in [9.17, 15) is 0 Å².